The number of nitrogens with zero attached hydrogens (tertiary/aromatic N) is 2. The highest BCUT2D eigenvalue weighted by atomic mass is 35.5. The van der Waals surface area contributed by atoms with E-state index in [1.807, 2.05) is 74.5 Å². The lowest BCUT2D eigenvalue weighted by Gasteiger charge is -2.50. The molecule has 2 saturated heterocycles. The van der Waals surface area contributed by atoms with E-state index in [-0.39, 0.29) is 35.4 Å². The van der Waals surface area contributed by atoms with Crippen molar-refractivity contribution in [1.82, 2.24) is 5.01 Å². The predicted octanol–water partition coefficient (Wildman–Crippen LogP) is 7.51. The fourth-order valence-corrected chi connectivity index (χ4v) is 9.28. The normalized spacial score (nSPS) is 27.2. The molecule has 3 fully saturated rings. The molecule has 8 nitrogen and oxygen atoms in total. The van der Waals surface area contributed by atoms with Crippen LogP contribution in [-0.4, -0.2) is 33.7 Å². The van der Waals surface area contributed by atoms with Crippen LogP contribution in [0.3, 0.4) is 0 Å². The first-order chi connectivity index (χ1) is 24.0. The standard InChI is InChI=1S/C40H33Cl2N3O5/c1-21-8-11-24(12-9-21)43-45-37(48)31-20-30-27(16-17-29-34(30)38(49)44(36(29)47)25-13-10-22(2)32(41)18-25)35(28-15-14-26(46)19-33(28)42)40(31,39(45)50)23-6-4-3-5-7-23/h3-16,18-19,29-31,34-35,43,46H,17,20H2,1-2H3. The number of hydrazine groups is 1. The van der Waals surface area contributed by atoms with E-state index in [4.69, 9.17) is 23.2 Å². The lowest BCUT2D eigenvalue weighted by Crippen LogP contribution is -2.53. The zero-order valence-electron chi connectivity index (χ0n) is 27.3. The number of amides is 4. The number of hydrogen-bond acceptors (Lipinski definition) is 6. The number of carbonyl (C=O) groups is 4. The minimum atomic E-state index is -1.46. The van der Waals surface area contributed by atoms with Gasteiger partial charge in [-0.05, 0) is 85.7 Å². The third-order valence-electron chi connectivity index (χ3n) is 11.1. The Morgan fingerprint density at radius 1 is 0.800 bits per heavy atom. The van der Waals surface area contributed by atoms with Crippen LogP contribution in [-0.2, 0) is 24.6 Å². The van der Waals surface area contributed by atoms with Crippen molar-refractivity contribution in [2.45, 2.75) is 38.0 Å². The number of imide groups is 2. The zero-order chi connectivity index (χ0) is 35.1. The number of anilines is 2. The summed E-state index contributed by atoms with van der Waals surface area (Å²) in [5, 5.41) is 12.2. The summed E-state index contributed by atoms with van der Waals surface area (Å²) in [5.41, 5.74) is 6.42. The molecule has 6 unspecified atom stereocenters. The summed E-state index contributed by atoms with van der Waals surface area (Å²) in [6, 6.07) is 26.4. The summed E-state index contributed by atoms with van der Waals surface area (Å²) in [7, 11) is 0. The molecule has 2 heterocycles. The Morgan fingerprint density at radius 2 is 1.54 bits per heavy atom. The molecule has 10 heteroatoms. The molecule has 4 aromatic carbocycles. The number of phenols is 1. The topological polar surface area (TPSA) is 107 Å². The first-order valence-corrected chi connectivity index (χ1v) is 17.4. The van der Waals surface area contributed by atoms with Gasteiger partial charge in [-0.15, -0.1) is 0 Å². The number of phenolic OH excluding ortho intramolecular Hbond substituents is 1. The Kier molecular flexibility index (Phi) is 7.66. The number of aromatic hydroxyl groups is 1. The van der Waals surface area contributed by atoms with Crippen LogP contribution in [0.2, 0.25) is 10.0 Å². The first-order valence-electron chi connectivity index (χ1n) is 16.6. The molecule has 1 saturated carbocycles. The van der Waals surface area contributed by atoms with Crippen molar-refractivity contribution in [3.8, 4) is 5.75 Å². The maximum absolute atomic E-state index is 15.2. The van der Waals surface area contributed by atoms with E-state index in [2.05, 4.69) is 5.43 Å². The Bertz CT molecular complexity index is 2130. The van der Waals surface area contributed by atoms with E-state index in [0.717, 1.165) is 21.7 Å². The molecule has 8 rings (SSSR count). The average Bonchev–Trinajstić information content (AvgIpc) is 3.48. The number of benzene rings is 4. The minimum absolute atomic E-state index is 0.0467. The summed E-state index contributed by atoms with van der Waals surface area (Å²) >= 11 is 13.4. The molecule has 2 aliphatic carbocycles. The molecular formula is C40H33Cl2N3O5. The van der Waals surface area contributed by atoms with Crippen LogP contribution in [0.25, 0.3) is 0 Å². The Morgan fingerprint density at radius 3 is 2.24 bits per heavy atom. The van der Waals surface area contributed by atoms with Gasteiger partial charge < -0.3 is 5.11 Å². The third-order valence-corrected chi connectivity index (χ3v) is 11.8. The number of aryl methyl sites for hydroxylation is 2. The van der Waals surface area contributed by atoms with Crippen molar-refractivity contribution in [3.63, 3.8) is 0 Å². The Labute approximate surface area is 299 Å². The number of fused-ring (bicyclic) bond motifs is 4. The van der Waals surface area contributed by atoms with Crippen LogP contribution >= 0.6 is 23.2 Å². The van der Waals surface area contributed by atoms with Gasteiger partial charge in [0.25, 0.3) is 11.8 Å². The second kappa shape index (κ2) is 11.9. The highest BCUT2D eigenvalue weighted by molar-refractivity contribution is 6.32. The molecule has 50 heavy (non-hydrogen) atoms. The van der Waals surface area contributed by atoms with Gasteiger partial charge in [0.05, 0.1) is 34.5 Å². The van der Waals surface area contributed by atoms with Crippen LogP contribution in [0.5, 0.6) is 5.75 Å². The van der Waals surface area contributed by atoms with E-state index in [1.165, 1.54) is 17.0 Å². The van der Waals surface area contributed by atoms with Crippen LogP contribution in [0.15, 0.2) is 103 Å². The number of carbonyl (C=O) groups excluding carboxylic acids is 4. The summed E-state index contributed by atoms with van der Waals surface area (Å²) in [6.07, 6.45) is 2.41. The summed E-state index contributed by atoms with van der Waals surface area (Å²) in [5.74, 6) is -5.28. The molecule has 0 radical (unpaired) electrons. The Hall–Kier alpha value is -4.92. The summed E-state index contributed by atoms with van der Waals surface area (Å²) < 4.78 is 0. The van der Waals surface area contributed by atoms with Crippen molar-refractivity contribution in [3.05, 3.63) is 135 Å². The Balaban J connectivity index is 1.32. The lowest BCUT2D eigenvalue weighted by atomic mass is 9.49. The highest BCUT2D eigenvalue weighted by Crippen LogP contribution is 2.64. The molecule has 0 bridgehead atoms. The summed E-state index contributed by atoms with van der Waals surface area (Å²) in [6.45, 7) is 3.80. The van der Waals surface area contributed by atoms with Gasteiger partial charge in [-0.1, -0.05) is 95.0 Å². The smallest absolute Gasteiger partial charge is 0.260 e. The minimum Gasteiger partial charge on any atom is -0.508 e. The van der Waals surface area contributed by atoms with E-state index in [0.29, 0.717) is 27.5 Å². The summed E-state index contributed by atoms with van der Waals surface area (Å²) in [4.78, 5) is 59.7. The highest BCUT2D eigenvalue weighted by Gasteiger charge is 2.70. The fourth-order valence-electron chi connectivity index (χ4n) is 8.82. The number of halogens is 2. The van der Waals surface area contributed by atoms with Gasteiger partial charge in [0, 0.05) is 16.0 Å². The third kappa shape index (κ3) is 4.65. The molecule has 2 N–H and O–H groups in total. The van der Waals surface area contributed by atoms with E-state index in [9.17, 15) is 19.5 Å². The second-order valence-corrected chi connectivity index (χ2v) is 14.6. The van der Waals surface area contributed by atoms with Gasteiger partial charge in [-0.2, -0.15) is 5.01 Å². The van der Waals surface area contributed by atoms with Gasteiger partial charge in [-0.3, -0.25) is 24.6 Å². The molecule has 6 atom stereocenters. The van der Waals surface area contributed by atoms with Gasteiger partial charge in [0.2, 0.25) is 11.8 Å². The van der Waals surface area contributed by atoms with Crippen LogP contribution in [0, 0.1) is 37.5 Å². The lowest BCUT2D eigenvalue weighted by molar-refractivity contribution is -0.138. The van der Waals surface area contributed by atoms with Gasteiger partial charge >= 0.3 is 0 Å². The van der Waals surface area contributed by atoms with Crippen LogP contribution < -0.4 is 10.3 Å². The van der Waals surface area contributed by atoms with Gasteiger partial charge in [0.15, 0.2) is 0 Å². The molecule has 0 spiro atoms. The molecule has 252 valence electrons. The second-order valence-electron chi connectivity index (χ2n) is 13.7. The quantitative estimate of drug-likeness (QED) is 0.165. The molecular weight excluding hydrogens is 673 g/mol. The van der Waals surface area contributed by atoms with Crippen molar-refractivity contribution < 1.29 is 24.3 Å². The van der Waals surface area contributed by atoms with Gasteiger partial charge in [0.1, 0.15) is 5.75 Å². The number of hydrogen-bond donors (Lipinski definition) is 2. The van der Waals surface area contributed by atoms with Crippen molar-refractivity contribution >= 4 is 58.2 Å². The maximum atomic E-state index is 15.2. The van der Waals surface area contributed by atoms with E-state index in [1.54, 1.807) is 24.3 Å². The molecule has 4 amide bonds. The molecule has 2 aliphatic heterocycles. The first kappa shape index (κ1) is 32.3. The predicted molar refractivity (Wildman–Crippen MR) is 191 cm³/mol. The number of rotatable bonds is 5. The number of allylic oxidation sites excluding steroid dienone is 2. The van der Waals surface area contributed by atoms with E-state index >= 15 is 4.79 Å². The molecule has 4 aromatic rings. The van der Waals surface area contributed by atoms with Crippen molar-refractivity contribution in [2.24, 2.45) is 23.7 Å². The monoisotopic (exact) mass is 705 g/mol. The molecule has 4 aliphatic rings. The van der Waals surface area contributed by atoms with Crippen molar-refractivity contribution in [1.29, 1.82) is 0 Å². The van der Waals surface area contributed by atoms with Gasteiger partial charge in [-0.25, -0.2) is 4.90 Å². The van der Waals surface area contributed by atoms with Crippen LogP contribution in [0.1, 0.15) is 41.0 Å². The zero-order valence-corrected chi connectivity index (χ0v) is 28.8. The van der Waals surface area contributed by atoms with Crippen molar-refractivity contribution in [2.75, 3.05) is 10.3 Å². The average molecular weight is 707 g/mol. The largest absolute Gasteiger partial charge is 0.508 e. The fraction of sp³-hybridized carbons (Fsp3) is 0.250. The SMILES string of the molecule is Cc1ccc(NN2C(=O)C3CC4C(=CCC5C(=O)N(c6ccc(C)c(Cl)c6)C(=O)C54)C(c4ccc(O)cc4Cl)C3(c3ccccc3)C2=O)cc1. The molecule has 0 aromatic heterocycles. The maximum Gasteiger partial charge on any atom is 0.260 e. The van der Waals surface area contributed by atoms with Crippen LogP contribution in [0.4, 0.5) is 11.4 Å². The number of nitrogens with one attached hydrogen (secondary N) is 1. The van der Waals surface area contributed by atoms with E-state index < -0.39 is 46.8 Å².